The van der Waals surface area contributed by atoms with Gasteiger partial charge in [0.2, 0.25) is 5.91 Å². The van der Waals surface area contributed by atoms with E-state index in [0.29, 0.717) is 0 Å². The highest BCUT2D eigenvalue weighted by Gasteiger charge is 2.10. The van der Waals surface area contributed by atoms with Gasteiger partial charge < -0.3 is 5.32 Å². The van der Waals surface area contributed by atoms with Crippen molar-refractivity contribution in [1.82, 2.24) is 5.32 Å². The van der Waals surface area contributed by atoms with Gasteiger partial charge in [0.1, 0.15) is 0 Å². The number of benzene rings is 2. The van der Waals surface area contributed by atoms with Crippen LogP contribution < -0.4 is 5.32 Å². The molecule has 118 valence electrons. The van der Waals surface area contributed by atoms with Gasteiger partial charge in [0.05, 0.1) is 11.0 Å². The molecule has 0 bridgehead atoms. The lowest BCUT2D eigenvalue weighted by molar-refractivity contribution is -0.384. The topological polar surface area (TPSA) is 72.2 Å². The first-order valence-electron chi connectivity index (χ1n) is 6.95. The lowest BCUT2D eigenvalue weighted by atomic mass is 10.1. The molecule has 0 radical (unpaired) electrons. The fourth-order valence-electron chi connectivity index (χ4n) is 2.04. The maximum atomic E-state index is 12.0. The van der Waals surface area contributed by atoms with Crippen molar-refractivity contribution in [3.05, 3.63) is 80.3 Å². The molecule has 1 amide bonds. The Balaban J connectivity index is 1.99. The molecule has 0 aromatic heterocycles. The van der Waals surface area contributed by atoms with Crippen molar-refractivity contribution in [3.8, 4) is 0 Å². The van der Waals surface area contributed by atoms with Crippen LogP contribution in [0.15, 0.2) is 59.1 Å². The molecule has 0 saturated carbocycles. The Bertz CT molecular complexity index is 742. The van der Waals surface area contributed by atoms with Crippen molar-refractivity contribution in [2.45, 2.75) is 13.0 Å². The Morgan fingerprint density at radius 3 is 2.48 bits per heavy atom. The van der Waals surface area contributed by atoms with Crippen LogP contribution in [-0.2, 0) is 4.79 Å². The Morgan fingerprint density at radius 1 is 1.22 bits per heavy atom. The predicted molar refractivity (Wildman–Crippen MR) is 92.8 cm³/mol. The number of rotatable bonds is 5. The maximum absolute atomic E-state index is 12.0. The second kappa shape index (κ2) is 7.69. The number of nitro benzene ring substituents is 1. The third-order valence-electron chi connectivity index (χ3n) is 3.26. The average molecular weight is 375 g/mol. The van der Waals surface area contributed by atoms with E-state index in [2.05, 4.69) is 21.2 Å². The summed E-state index contributed by atoms with van der Waals surface area (Å²) >= 11 is 3.46. The molecule has 5 nitrogen and oxygen atoms in total. The van der Waals surface area contributed by atoms with Crippen LogP contribution in [0.4, 0.5) is 5.69 Å². The Kier molecular flexibility index (Phi) is 5.65. The molecule has 0 spiro atoms. The van der Waals surface area contributed by atoms with Gasteiger partial charge in [0.25, 0.3) is 5.69 Å². The SMILES string of the molecule is CC(NC(=O)/C=C/c1ccc([N+](=O)[O-])cc1)c1ccccc1Br. The van der Waals surface area contributed by atoms with E-state index in [4.69, 9.17) is 0 Å². The minimum absolute atomic E-state index is 0.0224. The van der Waals surface area contributed by atoms with Crippen LogP contribution in [0.5, 0.6) is 0 Å². The van der Waals surface area contributed by atoms with Crippen molar-refractivity contribution < 1.29 is 9.72 Å². The molecule has 1 N–H and O–H groups in total. The molecule has 0 heterocycles. The van der Waals surface area contributed by atoms with Crippen LogP contribution in [0.2, 0.25) is 0 Å². The van der Waals surface area contributed by atoms with Gasteiger partial charge in [-0.15, -0.1) is 0 Å². The summed E-state index contributed by atoms with van der Waals surface area (Å²) in [6, 6.07) is 13.5. The zero-order valence-electron chi connectivity index (χ0n) is 12.4. The number of hydrogen-bond acceptors (Lipinski definition) is 3. The smallest absolute Gasteiger partial charge is 0.269 e. The summed E-state index contributed by atoms with van der Waals surface area (Å²) in [5.41, 5.74) is 1.73. The van der Waals surface area contributed by atoms with Gasteiger partial charge in [0, 0.05) is 22.7 Å². The molecular weight excluding hydrogens is 360 g/mol. The monoisotopic (exact) mass is 374 g/mol. The first-order valence-corrected chi connectivity index (χ1v) is 7.74. The van der Waals surface area contributed by atoms with Crippen molar-refractivity contribution >= 4 is 33.6 Å². The lowest BCUT2D eigenvalue weighted by Gasteiger charge is -2.14. The fourth-order valence-corrected chi connectivity index (χ4v) is 2.67. The van der Waals surface area contributed by atoms with E-state index in [1.54, 1.807) is 18.2 Å². The van der Waals surface area contributed by atoms with Crippen molar-refractivity contribution in [3.63, 3.8) is 0 Å². The second-order valence-corrected chi connectivity index (χ2v) is 5.79. The molecule has 0 saturated heterocycles. The standard InChI is InChI=1S/C17H15BrN2O3/c1-12(15-4-2-3-5-16(15)18)19-17(21)11-8-13-6-9-14(10-7-13)20(22)23/h2-12H,1H3,(H,19,21)/b11-8+. The number of carbonyl (C=O) groups excluding carboxylic acids is 1. The van der Waals surface area contributed by atoms with Crippen molar-refractivity contribution in [2.75, 3.05) is 0 Å². The van der Waals surface area contributed by atoms with E-state index in [0.717, 1.165) is 15.6 Å². The zero-order chi connectivity index (χ0) is 16.8. The first-order chi connectivity index (χ1) is 11.0. The molecule has 0 aliphatic rings. The average Bonchev–Trinajstić information content (AvgIpc) is 2.53. The van der Waals surface area contributed by atoms with E-state index < -0.39 is 4.92 Å². The van der Waals surface area contributed by atoms with Crippen LogP contribution in [-0.4, -0.2) is 10.8 Å². The Hall–Kier alpha value is -2.47. The zero-order valence-corrected chi connectivity index (χ0v) is 14.0. The summed E-state index contributed by atoms with van der Waals surface area (Å²) in [5, 5.41) is 13.5. The van der Waals surface area contributed by atoms with Crippen LogP contribution in [0.25, 0.3) is 6.08 Å². The summed E-state index contributed by atoms with van der Waals surface area (Å²) in [7, 11) is 0. The molecule has 0 fully saturated rings. The van der Waals surface area contributed by atoms with Gasteiger partial charge in [-0.05, 0) is 42.3 Å². The van der Waals surface area contributed by atoms with Gasteiger partial charge in [-0.2, -0.15) is 0 Å². The normalized spacial score (nSPS) is 12.1. The van der Waals surface area contributed by atoms with E-state index >= 15 is 0 Å². The highest BCUT2D eigenvalue weighted by molar-refractivity contribution is 9.10. The van der Waals surface area contributed by atoms with E-state index in [1.165, 1.54) is 18.2 Å². The van der Waals surface area contributed by atoms with E-state index in [-0.39, 0.29) is 17.6 Å². The number of carbonyl (C=O) groups is 1. The predicted octanol–water partition coefficient (Wildman–Crippen LogP) is 4.25. The number of nitrogens with one attached hydrogen (secondary N) is 1. The summed E-state index contributed by atoms with van der Waals surface area (Å²) in [6.07, 6.45) is 3.03. The lowest BCUT2D eigenvalue weighted by Crippen LogP contribution is -2.24. The molecule has 2 aromatic rings. The fraction of sp³-hybridized carbons (Fsp3) is 0.118. The van der Waals surface area contributed by atoms with E-state index in [1.807, 2.05) is 31.2 Å². The van der Waals surface area contributed by atoms with Gasteiger partial charge >= 0.3 is 0 Å². The van der Waals surface area contributed by atoms with Gasteiger partial charge in [0.15, 0.2) is 0 Å². The number of hydrogen-bond donors (Lipinski definition) is 1. The third kappa shape index (κ3) is 4.75. The van der Waals surface area contributed by atoms with Crippen LogP contribution >= 0.6 is 15.9 Å². The largest absolute Gasteiger partial charge is 0.346 e. The molecule has 1 atom stereocenters. The molecule has 6 heteroatoms. The van der Waals surface area contributed by atoms with E-state index in [9.17, 15) is 14.9 Å². The molecule has 2 aromatic carbocycles. The highest BCUT2D eigenvalue weighted by Crippen LogP contribution is 2.22. The number of nitro groups is 1. The highest BCUT2D eigenvalue weighted by atomic mass is 79.9. The van der Waals surface area contributed by atoms with Gasteiger partial charge in [-0.1, -0.05) is 34.1 Å². The third-order valence-corrected chi connectivity index (χ3v) is 3.98. The summed E-state index contributed by atoms with van der Waals surface area (Å²) < 4.78 is 0.937. The Morgan fingerprint density at radius 2 is 1.87 bits per heavy atom. The van der Waals surface area contributed by atoms with Crippen LogP contribution in [0, 0.1) is 10.1 Å². The number of halogens is 1. The van der Waals surface area contributed by atoms with Crippen molar-refractivity contribution in [2.24, 2.45) is 0 Å². The number of non-ortho nitro benzene ring substituents is 1. The van der Waals surface area contributed by atoms with Crippen LogP contribution in [0.1, 0.15) is 24.1 Å². The molecule has 0 aliphatic heterocycles. The summed E-state index contributed by atoms with van der Waals surface area (Å²) in [5.74, 6) is -0.230. The van der Waals surface area contributed by atoms with Gasteiger partial charge in [-0.3, -0.25) is 14.9 Å². The summed E-state index contributed by atoms with van der Waals surface area (Å²) in [4.78, 5) is 22.1. The van der Waals surface area contributed by atoms with Crippen molar-refractivity contribution in [1.29, 1.82) is 0 Å². The Labute approximate surface area is 142 Å². The van der Waals surface area contributed by atoms with Crippen LogP contribution in [0.3, 0.4) is 0 Å². The minimum Gasteiger partial charge on any atom is -0.346 e. The number of amides is 1. The second-order valence-electron chi connectivity index (χ2n) is 4.93. The molecule has 2 rings (SSSR count). The molecule has 1 unspecified atom stereocenters. The maximum Gasteiger partial charge on any atom is 0.269 e. The van der Waals surface area contributed by atoms with Gasteiger partial charge in [-0.25, -0.2) is 0 Å². The minimum atomic E-state index is -0.459. The molecule has 0 aliphatic carbocycles. The number of nitrogens with zero attached hydrogens (tertiary/aromatic N) is 1. The molecule has 23 heavy (non-hydrogen) atoms. The summed E-state index contributed by atoms with van der Waals surface area (Å²) in [6.45, 7) is 1.90. The molecular formula is C17H15BrN2O3. The first kappa shape index (κ1) is 16.9. The quantitative estimate of drug-likeness (QED) is 0.483.